The van der Waals surface area contributed by atoms with Crippen molar-refractivity contribution in [1.29, 1.82) is 0 Å². The van der Waals surface area contributed by atoms with Crippen molar-refractivity contribution in [2.75, 3.05) is 6.61 Å². The summed E-state index contributed by atoms with van der Waals surface area (Å²) in [5, 5.41) is 4.59. The lowest BCUT2D eigenvalue weighted by Gasteiger charge is -2.17. The molecule has 2 atom stereocenters. The predicted molar refractivity (Wildman–Crippen MR) is 60.2 cm³/mol. The third-order valence-electron chi connectivity index (χ3n) is 3.57. The summed E-state index contributed by atoms with van der Waals surface area (Å²) in [5.41, 5.74) is 0. The number of rotatable bonds is 2. The Labute approximate surface area is 96.0 Å². The lowest BCUT2D eigenvalue weighted by molar-refractivity contribution is 0.110. The zero-order chi connectivity index (χ0) is 11.0. The van der Waals surface area contributed by atoms with Gasteiger partial charge >= 0.3 is 0 Å². The van der Waals surface area contributed by atoms with Gasteiger partial charge < -0.3 is 4.74 Å². The van der Waals surface area contributed by atoms with E-state index in [4.69, 9.17) is 4.74 Å². The number of ether oxygens (including phenoxy) is 1. The zero-order valence-electron chi connectivity index (χ0n) is 9.85. The first kappa shape index (κ1) is 10.3. The number of nitrogens with zero attached hydrogens (tertiary/aromatic N) is 3. The molecule has 2 aliphatic heterocycles. The SMILES string of the molecule is CC1CCc2nc(CC3CCCO3)nn2C1. The lowest BCUT2D eigenvalue weighted by atomic mass is 10.0. The van der Waals surface area contributed by atoms with E-state index in [1.165, 1.54) is 25.1 Å². The molecule has 0 saturated carbocycles. The Morgan fingerprint density at radius 1 is 1.44 bits per heavy atom. The van der Waals surface area contributed by atoms with E-state index in [0.717, 1.165) is 37.7 Å². The maximum atomic E-state index is 5.62. The van der Waals surface area contributed by atoms with E-state index in [2.05, 4.69) is 21.7 Å². The van der Waals surface area contributed by atoms with Gasteiger partial charge in [-0.2, -0.15) is 5.10 Å². The van der Waals surface area contributed by atoms with Gasteiger partial charge in [-0.3, -0.25) is 0 Å². The fourth-order valence-electron chi connectivity index (χ4n) is 2.61. The Bertz CT molecular complexity index is 368. The maximum Gasteiger partial charge on any atom is 0.153 e. The van der Waals surface area contributed by atoms with Crippen molar-refractivity contribution < 1.29 is 4.74 Å². The van der Waals surface area contributed by atoms with Crippen LogP contribution >= 0.6 is 0 Å². The zero-order valence-corrected chi connectivity index (χ0v) is 9.85. The van der Waals surface area contributed by atoms with Gasteiger partial charge in [0.05, 0.1) is 6.10 Å². The van der Waals surface area contributed by atoms with Gasteiger partial charge in [-0.25, -0.2) is 9.67 Å². The molecule has 16 heavy (non-hydrogen) atoms. The van der Waals surface area contributed by atoms with Crippen LogP contribution < -0.4 is 0 Å². The van der Waals surface area contributed by atoms with E-state index >= 15 is 0 Å². The van der Waals surface area contributed by atoms with Crippen molar-refractivity contribution in [3.8, 4) is 0 Å². The summed E-state index contributed by atoms with van der Waals surface area (Å²) in [5.74, 6) is 2.90. The van der Waals surface area contributed by atoms with Crippen molar-refractivity contribution in [3.63, 3.8) is 0 Å². The third-order valence-corrected chi connectivity index (χ3v) is 3.57. The normalized spacial score (nSPS) is 29.3. The molecule has 0 bridgehead atoms. The first-order chi connectivity index (χ1) is 7.81. The topological polar surface area (TPSA) is 39.9 Å². The molecular formula is C12H19N3O. The highest BCUT2D eigenvalue weighted by atomic mass is 16.5. The van der Waals surface area contributed by atoms with E-state index in [1.807, 2.05) is 0 Å². The molecule has 88 valence electrons. The monoisotopic (exact) mass is 221 g/mol. The quantitative estimate of drug-likeness (QED) is 0.761. The van der Waals surface area contributed by atoms with Gasteiger partial charge in [-0.1, -0.05) is 6.92 Å². The van der Waals surface area contributed by atoms with Crippen LogP contribution in [0.15, 0.2) is 0 Å². The van der Waals surface area contributed by atoms with Crippen molar-refractivity contribution in [2.45, 2.75) is 51.7 Å². The molecule has 1 aromatic rings. The lowest BCUT2D eigenvalue weighted by Crippen LogP contribution is -2.19. The molecule has 3 heterocycles. The molecule has 0 amide bonds. The second-order valence-corrected chi connectivity index (χ2v) is 5.11. The van der Waals surface area contributed by atoms with E-state index in [9.17, 15) is 0 Å². The second kappa shape index (κ2) is 4.17. The molecule has 0 aromatic carbocycles. The maximum absolute atomic E-state index is 5.62. The van der Waals surface area contributed by atoms with Crippen LogP contribution in [-0.2, 0) is 24.1 Å². The first-order valence-corrected chi connectivity index (χ1v) is 6.35. The van der Waals surface area contributed by atoms with Gasteiger partial charge in [0, 0.05) is 26.0 Å². The van der Waals surface area contributed by atoms with Crippen LogP contribution in [0.5, 0.6) is 0 Å². The number of fused-ring (bicyclic) bond motifs is 1. The molecule has 0 N–H and O–H groups in total. The second-order valence-electron chi connectivity index (χ2n) is 5.11. The van der Waals surface area contributed by atoms with Crippen LogP contribution in [0.4, 0.5) is 0 Å². The molecule has 1 fully saturated rings. The Morgan fingerprint density at radius 2 is 2.38 bits per heavy atom. The average Bonchev–Trinajstić information content (AvgIpc) is 2.86. The highest BCUT2D eigenvalue weighted by Crippen LogP contribution is 2.20. The van der Waals surface area contributed by atoms with Gasteiger partial charge in [0.2, 0.25) is 0 Å². The molecule has 0 aliphatic carbocycles. The van der Waals surface area contributed by atoms with Gasteiger partial charge in [-0.05, 0) is 25.2 Å². The third kappa shape index (κ3) is 1.98. The van der Waals surface area contributed by atoms with Crippen LogP contribution in [0.1, 0.15) is 37.8 Å². The summed E-state index contributed by atoms with van der Waals surface area (Å²) >= 11 is 0. The van der Waals surface area contributed by atoms with Crippen molar-refractivity contribution in [2.24, 2.45) is 5.92 Å². The van der Waals surface area contributed by atoms with Gasteiger partial charge in [0.15, 0.2) is 5.82 Å². The van der Waals surface area contributed by atoms with Gasteiger partial charge in [0.1, 0.15) is 5.82 Å². The van der Waals surface area contributed by atoms with Crippen LogP contribution in [0.25, 0.3) is 0 Å². The Morgan fingerprint density at radius 3 is 3.19 bits per heavy atom. The molecule has 2 unspecified atom stereocenters. The van der Waals surface area contributed by atoms with Gasteiger partial charge in [-0.15, -0.1) is 0 Å². The molecule has 1 saturated heterocycles. The largest absolute Gasteiger partial charge is 0.378 e. The predicted octanol–water partition coefficient (Wildman–Crippen LogP) is 1.58. The fourth-order valence-corrected chi connectivity index (χ4v) is 2.61. The molecule has 4 heteroatoms. The summed E-state index contributed by atoms with van der Waals surface area (Å²) in [6.45, 7) is 4.23. The smallest absolute Gasteiger partial charge is 0.153 e. The molecule has 3 rings (SSSR count). The summed E-state index contributed by atoms with van der Waals surface area (Å²) < 4.78 is 7.72. The summed E-state index contributed by atoms with van der Waals surface area (Å²) in [7, 11) is 0. The highest BCUT2D eigenvalue weighted by Gasteiger charge is 2.22. The number of aryl methyl sites for hydroxylation is 1. The van der Waals surface area contributed by atoms with Crippen LogP contribution in [0.2, 0.25) is 0 Å². The first-order valence-electron chi connectivity index (χ1n) is 6.35. The minimum Gasteiger partial charge on any atom is -0.378 e. The number of aromatic nitrogens is 3. The van der Waals surface area contributed by atoms with Crippen LogP contribution in [0.3, 0.4) is 0 Å². The molecule has 0 spiro atoms. The summed E-state index contributed by atoms with van der Waals surface area (Å²) in [6, 6.07) is 0. The van der Waals surface area contributed by atoms with E-state index in [0.29, 0.717) is 6.10 Å². The highest BCUT2D eigenvalue weighted by molar-refractivity contribution is 4.98. The minimum atomic E-state index is 0.363. The molecular weight excluding hydrogens is 202 g/mol. The number of hydrogen-bond donors (Lipinski definition) is 0. The van der Waals surface area contributed by atoms with E-state index < -0.39 is 0 Å². The Hall–Kier alpha value is -0.900. The summed E-state index contributed by atoms with van der Waals surface area (Å²) in [6.07, 6.45) is 5.95. The molecule has 1 aromatic heterocycles. The fraction of sp³-hybridized carbons (Fsp3) is 0.833. The van der Waals surface area contributed by atoms with Crippen molar-refractivity contribution >= 4 is 0 Å². The molecule has 0 radical (unpaired) electrons. The number of hydrogen-bond acceptors (Lipinski definition) is 3. The Balaban J connectivity index is 1.71. The Kier molecular flexibility index (Phi) is 2.67. The van der Waals surface area contributed by atoms with E-state index in [1.54, 1.807) is 0 Å². The average molecular weight is 221 g/mol. The van der Waals surface area contributed by atoms with Crippen molar-refractivity contribution in [1.82, 2.24) is 14.8 Å². The summed E-state index contributed by atoms with van der Waals surface area (Å²) in [4.78, 5) is 4.62. The van der Waals surface area contributed by atoms with Crippen LogP contribution in [0, 0.1) is 5.92 Å². The van der Waals surface area contributed by atoms with Crippen molar-refractivity contribution in [3.05, 3.63) is 11.6 Å². The van der Waals surface area contributed by atoms with Gasteiger partial charge in [0.25, 0.3) is 0 Å². The standard InChI is InChI=1S/C12H19N3O/c1-9-4-5-12-13-11(14-15(12)8-9)7-10-3-2-6-16-10/h9-10H,2-8H2,1H3. The molecule has 4 nitrogen and oxygen atoms in total. The van der Waals surface area contributed by atoms with E-state index in [-0.39, 0.29) is 0 Å². The molecule has 2 aliphatic rings. The van der Waals surface area contributed by atoms with Crippen LogP contribution in [-0.4, -0.2) is 27.5 Å². The minimum absolute atomic E-state index is 0.363.